The van der Waals surface area contributed by atoms with Crippen molar-refractivity contribution in [3.05, 3.63) is 23.0 Å². The molecule has 1 heterocycles. The Labute approximate surface area is 96.4 Å². The van der Waals surface area contributed by atoms with Crippen LogP contribution < -0.4 is 5.32 Å². The predicted octanol–water partition coefficient (Wildman–Crippen LogP) is -0.150. The molecule has 1 rings (SSSR count). The lowest BCUT2D eigenvalue weighted by atomic mass is 9.99. The molecule has 0 amide bonds. The number of hydrogen-bond acceptors (Lipinski definition) is 5. The SMILES string of the molecule is COC(=O)CC1=C(C(=O)O)CC(C(=O)O)=CN1. The monoisotopic (exact) mass is 241 g/mol. The highest BCUT2D eigenvalue weighted by Crippen LogP contribution is 2.21. The average molecular weight is 241 g/mol. The van der Waals surface area contributed by atoms with E-state index in [-0.39, 0.29) is 29.7 Å². The summed E-state index contributed by atoms with van der Waals surface area (Å²) in [5, 5.41) is 20.2. The minimum absolute atomic E-state index is 0.0731. The van der Waals surface area contributed by atoms with Gasteiger partial charge in [0.1, 0.15) is 0 Å². The van der Waals surface area contributed by atoms with Gasteiger partial charge in [0, 0.05) is 18.3 Å². The van der Waals surface area contributed by atoms with Gasteiger partial charge in [-0.2, -0.15) is 0 Å². The topological polar surface area (TPSA) is 113 Å². The molecule has 7 heteroatoms. The van der Waals surface area contributed by atoms with Crippen LogP contribution in [0.3, 0.4) is 0 Å². The lowest BCUT2D eigenvalue weighted by Gasteiger charge is -2.17. The first kappa shape index (κ1) is 12.8. The van der Waals surface area contributed by atoms with Crippen LogP contribution in [0.5, 0.6) is 0 Å². The lowest BCUT2D eigenvalue weighted by Crippen LogP contribution is -2.24. The number of carbonyl (C=O) groups is 3. The van der Waals surface area contributed by atoms with E-state index >= 15 is 0 Å². The summed E-state index contributed by atoms with van der Waals surface area (Å²) in [6.45, 7) is 0. The zero-order valence-electron chi connectivity index (χ0n) is 9.02. The fourth-order valence-electron chi connectivity index (χ4n) is 1.33. The molecule has 0 fully saturated rings. The van der Waals surface area contributed by atoms with E-state index in [1.807, 2.05) is 0 Å². The van der Waals surface area contributed by atoms with E-state index in [1.54, 1.807) is 0 Å². The third-order valence-electron chi connectivity index (χ3n) is 2.23. The van der Waals surface area contributed by atoms with Crippen LogP contribution in [-0.2, 0) is 19.1 Å². The number of carbonyl (C=O) groups excluding carboxylic acids is 1. The van der Waals surface area contributed by atoms with E-state index in [9.17, 15) is 14.4 Å². The van der Waals surface area contributed by atoms with Crippen molar-refractivity contribution < 1.29 is 29.3 Å². The van der Waals surface area contributed by atoms with Crippen molar-refractivity contribution >= 4 is 17.9 Å². The minimum atomic E-state index is -1.26. The number of rotatable bonds is 4. The largest absolute Gasteiger partial charge is 0.478 e. The normalized spacial score (nSPS) is 14.8. The van der Waals surface area contributed by atoms with E-state index in [4.69, 9.17) is 10.2 Å². The van der Waals surface area contributed by atoms with Gasteiger partial charge in [0.05, 0.1) is 24.7 Å². The van der Waals surface area contributed by atoms with Crippen LogP contribution in [0.2, 0.25) is 0 Å². The molecule has 7 nitrogen and oxygen atoms in total. The van der Waals surface area contributed by atoms with Crippen LogP contribution >= 0.6 is 0 Å². The van der Waals surface area contributed by atoms with Gasteiger partial charge in [0.2, 0.25) is 0 Å². The molecule has 0 atom stereocenters. The summed E-state index contributed by atoms with van der Waals surface area (Å²) in [5.74, 6) is -3.06. The van der Waals surface area contributed by atoms with Gasteiger partial charge < -0.3 is 20.3 Å². The Kier molecular flexibility index (Phi) is 3.86. The van der Waals surface area contributed by atoms with Crippen molar-refractivity contribution in [3.8, 4) is 0 Å². The first-order chi connectivity index (χ1) is 7.95. The van der Waals surface area contributed by atoms with Gasteiger partial charge in [-0.05, 0) is 0 Å². The molecule has 0 spiro atoms. The van der Waals surface area contributed by atoms with Crippen LogP contribution in [0.1, 0.15) is 12.8 Å². The fraction of sp³-hybridized carbons (Fsp3) is 0.300. The highest BCUT2D eigenvalue weighted by Gasteiger charge is 2.24. The van der Waals surface area contributed by atoms with Gasteiger partial charge in [-0.15, -0.1) is 0 Å². The number of methoxy groups -OCH3 is 1. The summed E-state index contributed by atoms with van der Waals surface area (Å²) in [4.78, 5) is 32.7. The minimum Gasteiger partial charge on any atom is -0.478 e. The highest BCUT2D eigenvalue weighted by atomic mass is 16.5. The molecule has 17 heavy (non-hydrogen) atoms. The van der Waals surface area contributed by atoms with E-state index in [0.717, 1.165) is 0 Å². The molecular formula is C10H11NO6. The Bertz CT molecular complexity index is 434. The Morgan fingerprint density at radius 1 is 1.35 bits per heavy atom. The molecule has 1 aliphatic heterocycles. The first-order valence-corrected chi connectivity index (χ1v) is 4.66. The molecule has 0 aromatic heterocycles. The van der Waals surface area contributed by atoms with E-state index in [2.05, 4.69) is 10.1 Å². The number of nitrogens with one attached hydrogen (secondary N) is 1. The third kappa shape index (κ3) is 3.07. The van der Waals surface area contributed by atoms with E-state index < -0.39 is 17.9 Å². The van der Waals surface area contributed by atoms with Crippen LogP contribution in [0.4, 0.5) is 0 Å². The lowest BCUT2D eigenvalue weighted by molar-refractivity contribution is -0.139. The molecule has 0 unspecified atom stereocenters. The summed E-state index contributed by atoms with van der Waals surface area (Å²) in [7, 11) is 1.19. The van der Waals surface area contributed by atoms with Crippen LogP contribution in [-0.4, -0.2) is 35.2 Å². The Morgan fingerprint density at radius 3 is 2.47 bits per heavy atom. The van der Waals surface area contributed by atoms with Crippen molar-refractivity contribution in [2.24, 2.45) is 0 Å². The van der Waals surface area contributed by atoms with Gasteiger partial charge in [-0.1, -0.05) is 0 Å². The second kappa shape index (κ2) is 5.15. The average Bonchev–Trinajstić information content (AvgIpc) is 2.28. The fourth-order valence-corrected chi connectivity index (χ4v) is 1.33. The highest BCUT2D eigenvalue weighted by molar-refractivity contribution is 5.95. The van der Waals surface area contributed by atoms with Gasteiger partial charge in [0.15, 0.2) is 0 Å². The molecule has 0 aromatic rings. The standard InChI is InChI=1S/C10H11NO6/c1-17-8(12)3-7-6(10(15)16)2-5(4-11-7)9(13)14/h4,11H,2-3H2,1H3,(H,13,14)(H,15,16). The number of carboxylic acid groups (broad SMARTS) is 2. The number of hydrogen-bond donors (Lipinski definition) is 3. The summed E-state index contributed by atoms with van der Waals surface area (Å²) in [6, 6.07) is 0. The molecule has 3 N–H and O–H groups in total. The molecule has 0 saturated heterocycles. The maximum Gasteiger partial charge on any atom is 0.333 e. The van der Waals surface area contributed by atoms with Crippen molar-refractivity contribution in [1.82, 2.24) is 5.32 Å². The Morgan fingerprint density at radius 2 is 2.00 bits per heavy atom. The number of carboxylic acids is 2. The maximum atomic E-state index is 11.0. The molecule has 0 bridgehead atoms. The molecule has 0 saturated carbocycles. The Balaban J connectivity index is 2.93. The molecule has 0 aromatic carbocycles. The predicted molar refractivity (Wildman–Crippen MR) is 54.8 cm³/mol. The van der Waals surface area contributed by atoms with Gasteiger partial charge >= 0.3 is 17.9 Å². The second-order valence-electron chi connectivity index (χ2n) is 3.31. The van der Waals surface area contributed by atoms with Gasteiger partial charge in [-0.25, -0.2) is 9.59 Å². The zero-order valence-corrected chi connectivity index (χ0v) is 9.02. The number of dihydropyridines is 1. The second-order valence-corrected chi connectivity index (χ2v) is 3.31. The molecule has 0 radical (unpaired) electrons. The van der Waals surface area contributed by atoms with Crippen molar-refractivity contribution in [3.63, 3.8) is 0 Å². The van der Waals surface area contributed by atoms with Crippen LogP contribution in [0.15, 0.2) is 23.0 Å². The zero-order chi connectivity index (χ0) is 13.0. The summed E-state index contributed by atoms with van der Waals surface area (Å²) < 4.78 is 4.41. The third-order valence-corrected chi connectivity index (χ3v) is 2.23. The molecule has 0 aliphatic carbocycles. The molecule has 1 aliphatic rings. The smallest absolute Gasteiger partial charge is 0.333 e. The van der Waals surface area contributed by atoms with E-state index in [0.29, 0.717) is 0 Å². The quantitative estimate of drug-likeness (QED) is 0.586. The van der Waals surface area contributed by atoms with Crippen molar-refractivity contribution in [2.75, 3.05) is 7.11 Å². The van der Waals surface area contributed by atoms with E-state index in [1.165, 1.54) is 13.3 Å². The van der Waals surface area contributed by atoms with Gasteiger partial charge in [-0.3, -0.25) is 4.79 Å². The maximum absolute atomic E-state index is 11.0. The summed E-state index contributed by atoms with van der Waals surface area (Å²) in [5.41, 5.74) is -0.0688. The molecular weight excluding hydrogens is 230 g/mol. The summed E-state index contributed by atoms with van der Waals surface area (Å²) in [6.07, 6.45) is 0.707. The summed E-state index contributed by atoms with van der Waals surface area (Å²) >= 11 is 0. The van der Waals surface area contributed by atoms with Crippen molar-refractivity contribution in [2.45, 2.75) is 12.8 Å². The first-order valence-electron chi connectivity index (χ1n) is 4.66. The van der Waals surface area contributed by atoms with Gasteiger partial charge in [0.25, 0.3) is 0 Å². The number of ether oxygens (including phenoxy) is 1. The van der Waals surface area contributed by atoms with Crippen molar-refractivity contribution in [1.29, 1.82) is 0 Å². The number of esters is 1. The van der Waals surface area contributed by atoms with Crippen LogP contribution in [0.25, 0.3) is 0 Å². The number of aliphatic carboxylic acids is 2. The Hall–Kier alpha value is -2.31. The molecule has 92 valence electrons. The van der Waals surface area contributed by atoms with Crippen LogP contribution in [0, 0.1) is 0 Å².